The Labute approximate surface area is 183 Å². The zero-order valence-corrected chi connectivity index (χ0v) is 18.9. The second-order valence-corrected chi connectivity index (χ2v) is 8.92. The van der Waals surface area contributed by atoms with Gasteiger partial charge >= 0.3 is 0 Å². The van der Waals surface area contributed by atoms with E-state index < -0.39 is 0 Å². The summed E-state index contributed by atoms with van der Waals surface area (Å²) < 4.78 is 1.76. The minimum atomic E-state index is 0.0690. The lowest BCUT2D eigenvalue weighted by Gasteiger charge is -2.38. The summed E-state index contributed by atoms with van der Waals surface area (Å²) in [4.78, 5) is 19.6. The highest BCUT2D eigenvalue weighted by Gasteiger charge is 2.24. The van der Waals surface area contributed by atoms with E-state index in [0.717, 1.165) is 54.8 Å². The summed E-state index contributed by atoms with van der Waals surface area (Å²) in [5.74, 6) is 0. The predicted octanol–water partition coefficient (Wildman–Crippen LogP) is 4.15. The minimum Gasteiger partial charge on any atom is -0.371 e. The lowest BCUT2D eigenvalue weighted by Crippen LogP contribution is -2.36. The Morgan fingerprint density at radius 2 is 1.71 bits per heavy atom. The van der Waals surface area contributed by atoms with Crippen molar-refractivity contribution in [3.8, 4) is 0 Å². The Balaban J connectivity index is 1.63. The third kappa shape index (κ3) is 3.33. The van der Waals surface area contributed by atoms with Crippen LogP contribution in [0, 0.1) is 6.92 Å². The number of nitrogens with zero attached hydrogens (tertiary/aromatic N) is 4. The molecule has 0 bridgehead atoms. The molecule has 0 unspecified atom stereocenters. The molecule has 5 rings (SSSR count). The maximum atomic E-state index is 12.5. The van der Waals surface area contributed by atoms with Gasteiger partial charge in [0.25, 0.3) is 5.56 Å². The van der Waals surface area contributed by atoms with Crippen LogP contribution in [0.25, 0.3) is 16.5 Å². The van der Waals surface area contributed by atoms with Crippen LogP contribution < -0.4 is 15.4 Å². The number of anilines is 3. The Morgan fingerprint density at radius 1 is 0.871 bits per heavy atom. The van der Waals surface area contributed by atoms with Crippen molar-refractivity contribution in [1.82, 2.24) is 9.47 Å². The van der Waals surface area contributed by atoms with Crippen LogP contribution in [0.3, 0.4) is 0 Å². The molecule has 5 nitrogen and oxygen atoms in total. The van der Waals surface area contributed by atoms with Gasteiger partial charge < -0.3 is 19.3 Å². The molecule has 2 aromatic carbocycles. The number of pyridine rings is 1. The second-order valence-electron chi connectivity index (χ2n) is 8.92. The number of aryl methyl sites for hydroxylation is 2. The van der Waals surface area contributed by atoms with E-state index >= 15 is 0 Å². The molecule has 2 aliphatic heterocycles. The molecular formula is C26H30N4O. The third-order valence-corrected chi connectivity index (χ3v) is 6.83. The minimum absolute atomic E-state index is 0.0690. The summed E-state index contributed by atoms with van der Waals surface area (Å²) in [5.41, 5.74) is 8.25. The van der Waals surface area contributed by atoms with Crippen molar-refractivity contribution in [3.63, 3.8) is 0 Å². The van der Waals surface area contributed by atoms with E-state index in [1.807, 2.05) is 26.1 Å². The number of fused-ring (bicyclic) bond motifs is 2. The van der Waals surface area contributed by atoms with Crippen LogP contribution in [-0.4, -0.2) is 49.7 Å². The monoisotopic (exact) mass is 414 g/mol. The molecule has 3 heterocycles. The number of benzene rings is 2. The molecule has 0 fully saturated rings. The standard InChI is InChI=1S/C26H30N4O/c1-18-16-21-22(29(4)26(18)31)6-5-7-23(21)30-15-14-28(3)25-17-20(8-9-24(25)30)19-10-12-27(2)13-11-19/h5-10,16-17H,11-15H2,1-4H3. The average molecular weight is 415 g/mol. The fraction of sp³-hybridized carbons (Fsp3) is 0.346. The summed E-state index contributed by atoms with van der Waals surface area (Å²) in [6.07, 6.45) is 3.46. The van der Waals surface area contributed by atoms with Gasteiger partial charge in [-0.2, -0.15) is 0 Å². The van der Waals surface area contributed by atoms with Crippen LogP contribution in [0.1, 0.15) is 17.5 Å². The number of likely N-dealkylation sites (N-methyl/N-ethyl adjacent to an activating group) is 2. The highest BCUT2D eigenvalue weighted by atomic mass is 16.1. The average Bonchev–Trinajstić information content (AvgIpc) is 2.78. The fourth-order valence-electron chi connectivity index (χ4n) is 4.90. The molecule has 0 atom stereocenters. The van der Waals surface area contributed by atoms with Gasteiger partial charge in [0.05, 0.1) is 22.6 Å². The molecule has 31 heavy (non-hydrogen) atoms. The predicted molar refractivity (Wildman–Crippen MR) is 131 cm³/mol. The van der Waals surface area contributed by atoms with Crippen LogP contribution in [-0.2, 0) is 7.05 Å². The lowest BCUT2D eigenvalue weighted by molar-refractivity contribution is 0.370. The first-order chi connectivity index (χ1) is 14.9. The van der Waals surface area contributed by atoms with Crippen molar-refractivity contribution in [3.05, 3.63) is 70.0 Å². The Kier molecular flexibility index (Phi) is 4.86. The first kappa shape index (κ1) is 19.9. The van der Waals surface area contributed by atoms with E-state index in [1.165, 1.54) is 22.5 Å². The number of hydrogen-bond acceptors (Lipinski definition) is 4. The molecule has 160 valence electrons. The van der Waals surface area contributed by atoms with Gasteiger partial charge in [-0.25, -0.2) is 0 Å². The van der Waals surface area contributed by atoms with Crippen molar-refractivity contribution in [2.24, 2.45) is 7.05 Å². The highest BCUT2D eigenvalue weighted by molar-refractivity contribution is 5.97. The first-order valence-electron chi connectivity index (χ1n) is 11.0. The van der Waals surface area contributed by atoms with Crippen LogP contribution >= 0.6 is 0 Å². The summed E-state index contributed by atoms with van der Waals surface area (Å²) in [6.45, 7) is 5.90. The second kappa shape index (κ2) is 7.57. The molecule has 2 aliphatic rings. The van der Waals surface area contributed by atoms with Gasteiger partial charge in [0.1, 0.15) is 0 Å². The number of aromatic nitrogens is 1. The largest absolute Gasteiger partial charge is 0.371 e. The third-order valence-electron chi connectivity index (χ3n) is 6.83. The van der Waals surface area contributed by atoms with E-state index in [-0.39, 0.29) is 5.56 Å². The molecule has 0 spiro atoms. The van der Waals surface area contributed by atoms with Crippen LogP contribution in [0.2, 0.25) is 0 Å². The lowest BCUT2D eigenvalue weighted by atomic mass is 9.97. The van der Waals surface area contributed by atoms with Gasteiger partial charge in [0.2, 0.25) is 0 Å². The molecule has 3 aromatic rings. The normalized spacial score (nSPS) is 17.1. The van der Waals surface area contributed by atoms with Gasteiger partial charge in [-0.15, -0.1) is 0 Å². The molecular weight excluding hydrogens is 384 g/mol. The molecule has 0 amide bonds. The molecule has 0 aliphatic carbocycles. The van der Waals surface area contributed by atoms with Crippen LogP contribution in [0.4, 0.5) is 17.1 Å². The zero-order valence-electron chi connectivity index (χ0n) is 18.9. The van der Waals surface area contributed by atoms with Gasteiger partial charge in [-0.1, -0.05) is 18.2 Å². The van der Waals surface area contributed by atoms with E-state index in [2.05, 4.69) is 65.2 Å². The van der Waals surface area contributed by atoms with Crippen LogP contribution in [0.15, 0.2) is 53.3 Å². The number of hydrogen-bond donors (Lipinski definition) is 0. The topological polar surface area (TPSA) is 31.7 Å². The smallest absolute Gasteiger partial charge is 0.253 e. The van der Waals surface area contributed by atoms with E-state index in [9.17, 15) is 4.79 Å². The zero-order chi connectivity index (χ0) is 21.7. The molecule has 0 N–H and O–H groups in total. The maximum Gasteiger partial charge on any atom is 0.253 e. The summed E-state index contributed by atoms with van der Waals surface area (Å²) >= 11 is 0. The molecule has 0 saturated heterocycles. The Bertz CT molecular complexity index is 1260. The molecule has 1 aromatic heterocycles. The van der Waals surface area contributed by atoms with Gasteiger partial charge in [-0.05, 0) is 61.9 Å². The summed E-state index contributed by atoms with van der Waals surface area (Å²) in [6, 6.07) is 15.2. The van der Waals surface area contributed by atoms with E-state index in [1.54, 1.807) is 4.57 Å². The first-order valence-corrected chi connectivity index (χ1v) is 11.0. The van der Waals surface area contributed by atoms with Gasteiger partial charge in [0.15, 0.2) is 0 Å². The summed E-state index contributed by atoms with van der Waals surface area (Å²) in [5, 5.41) is 1.12. The van der Waals surface area contributed by atoms with E-state index in [4.69, 9.17) is 0 Å². The maximum absolute atomic E-state index is 12.5. The fourth-order valence-corrected chi connectivity index (χ4v) is 4.90. The highest BCUT2D eigenvalue weighted by Crippen LogP contribution is 2.41. The number of rotatable bonds is 2. The molecule has 0 radical (unpaired) electrons. The SMILES string of the molecule is Cc1cc2c(N3CCN(C)c4cc(C5=CCN(C)CC5)ccc43)cccc2n(C)c1=O. The van der Waals surface area contributed by atoms with Gasteiger partial charge in [-0.3, -0.25) is 4.79 Å². The Hall–Kier alpha value is -3.05. The van der Waals surface area contributed by atoms with Crippen molar-refractivity contribution in [2.75, 3.05) is 50.1 Å². The van der Waals surface area contributed by atoms with Gasteiger partial charge in [0, 0.05) is 51.2 Å². The van der Waals surface area contributed by atoms with Crippen molar-refractivity contribution < 1.29 is 0 Å². The van der Waals surface area contributed by atoms with Crippen molar-refractivity contribution in [1.29, 1.82) is 0 Å². The summed E-state index contributed by atoms with van der Waals surface area (Å²) in [7, 11) is 6.22. The van der Waals surface area contributed by atoms with Crippen molar-refractivity contribution >= 4 is 33.5 Å². The van der Waals surface area contributed by atoms with E-state index in [0.29, 0.717) is 0 Å². The molecule has 0 saturated carbocycles. The quantitative estimate of drug-likeness (QED) is 0.630. The van der Waals surface area contributed by atoms with Crippen molar-refractivity contribution in [2.45, 2.75) is 13.3 Å². The van der Waals surface area contributed by atoms with Crippen LogP contribution in [0.5, 0.6) is 0 Å². The molecule has 5 heteroatoms. The Morgan fingerprint density at radius 3 is 2.48 bits per heavy atom.